The smallest absolute Gasteiger partial charge is 0.238 e. The van der Waals surface area contributed by atoms with Gasteiger partial charge in [-0.15, -0.1) is 24.0 Å². The van der Waals surface area contributed by atoms with Crippen molar-refractivity contribution in [1.29, 1.82) is 0 Å². The first-order valence-corrected chi connectivity index (χ1v) is 9.82. The summed E-state index contributed by atoms with van der Waals surface area (Å²) >= 11 is 0. The average molecular weight is 520 g/mol. The fourth-order valence-corrected chi connectivity index (χ4v) is 2.94. The van der Waals surface area contributed by atoms with Gasteiger partial charge in [0, 0.05) is 25.3 Å². The van der Waals surface area contributed by atoms with Crippen LogP contribution in [0.5, 0.6) is 11.5 Å². The molecule has 0 aliphatic heterocycles. The predicted molar refractivity (Wildman–Crippen MR) is 121 cm³/mol. The number of nitrogens with zero attached hydrogens (tertiary/aromatic N) is 1. The van der Waals surface area contributed by atoms with Gasteiger partial charge >= 0.3 is 0 Å². The summed E-state index contributed by atoms with van der Waals surface area (Å²) in [6, 6.07) is 11.9. The van der Waals surface area contributed by atoms with Crippen LogP contribution in [0.2, 0.25) is 0 Å². The molecule has 28 heavy (non-hydrogen) atoms. The minimum atomic E-state index is -3.73. The van der Waals surface area contributed by atoms with Crippen molar-refractivity contribution in [3.63, 3.8) is 0 Å². The fraction of sp³-hybridized carbons (Fsp3) is 0.278. The van der Waals surface area contributed by atoms with Gasteiger partial charge in [0.1, 0.15) is 0 Å². The van der Waals surface area contributed by atoms with Crippen molar-refractivity contribution in [2.24, 2.45) is 10.1 Å². The van der Waals surface area contributed by atoms with Gasteiger partial charge in [0.2, 0.25) is 10.0 Å². The predicted octanol–water partition coefficient (Wildman–Crippen LogP) is 2.55. The van der Waals surface area contributed by atoms with Crippen LogP contribution in [-0.4, -0.2) is 35.1 Å². The number of hydrogen-bond donors (Lipinski definition) is 3. The number of hydrogen-bond acceptors (Lipinski definition) is 5. The molecule has 0 saturated carbocycles. The summed E-state index contributed by atoms with van der Waals surface area (Å²) in [5.41, 5.74) is 1.52. The normalized spacial score (nSPS) is 11.4. The molecule has 0 saturated heterocycles. The average Bonchev–Trinajstić information content (AvgIpc) is 2.65. The maximum atomic E-state index is 11.5. The van der Waals surface area contributed by atoms with Gasteiger partial charge in [-0.05, 0) is 36.8 Å². The zero-order valence-electron chi connectivity index (χ0n) is 15.9. The number of aliphatic imine (C=N–C) groups is 1. The van der Waals surface area contributed by atoms with Crippen LogP contribution in [0.1, 0.15) is 12.5 Å². The van der Waals surface area contributed by atoms with Gasteiger partial charge in [0.15, 0.2) is 17.5 Å². The van der Waals surface area contributed by atoms with E-state index in [1.807, 2.05) is 19.1 Å². The van der Waals surface area contributed by atoms with Crippen molar-refractivity contribution in [1.82, 2.24) is 5.32 Å². The Kier molecular flexibility index (Phi) is 9.49. The SMILES string of the molecule is CCOc1ccc(NC(=NC)NCc2cccc(S(N)(=O)=O)c2)cc1OC.I. The summed E-state index contributed by atoms with van der Waals surface area (Å²) in [5, 5.41) is 11.4. The summed E-state index contributed by atoms with van der Waals surface area (Å²) in [5.74, 6) is 1.79. The van der Waals surface area contributed by atoms with E-state index in [2.05, 4.69) is 15.6 Å². The highest BCUT2D eigenvalue weighted by atomic mass is 127. The Morgan fingerprint density at radius 3 is 2.54 bits per heavy atom. The summed E-state index contributed by atoms with van der Waals surface area (Å²) < 4.78 is 33.7. The fourth-order valence-electron chi connectivity index (χ4n) is 2.35. The number of methoxy groups -OCH3 is 1. The van der Waals surface area contributed by atoms with E-state index in [0.717, 1.165) is 11.3 Å². The van der Waals surface area contributed by atoms with E-state index in [9.17, 15) is 8.42 Å². The monoisotopic (exact) mass is 520 g/mol. The Morgan fingerprint density at radius 1 is 1.18 bits per heavy atom. The van der Waals surface area contributed by atoms with Crippen LogP contribution in [-0.2, 0) is 16.6 Å². The molecule has 2 aromatic rings. The molecule has 0 amide bonds. The molecule has 0 aliphatic carbocycles. The lowest BCUT2D eigenvalue weighted by Crippen LogP contribution is -2.30. The Hall–Kier alpha value is -2.05. The molecule has 0 aliphatic rings. The van der Waals surface area contributed by atoms with Gasteiger partial charge in [-0.25, -0.2) is 13.6 Å². The molecule has 2 aromatic carbocycles. The lowest BCUT2D eigenvalue weighted by Gasteiger charge is -2.15. The number of nitrogens with one attached hydrogen (secondary N) is 2. The van der Waals surface area contributed by atoms with E-state index in [0.29, 0.717) is 30.6 Å². The van der Waals surface area contributed by atoms with Gasteiger partial charge in [-0.2, -0.15) is 0 Å². The number of anilines is 1. The molecule has 0 spiro atoms. The molecule has 10 heteroatoms. The lowest BCUT2D eigenvalue weighted by molar-refractivity contribution is 0.311. The van der Waals surface area contributed by atoms with Crippen molar-refractivity contribution in [3.8, 4) is 11.5 Å². The minimum Gasteiger partial charge on any atom is -0.493 e. The largest absolute Gasteiger partial charge is 0.493 e. The third-order valence-electron chi connectivity index (χ3n) is 3.64. The highest BCUT2D eigenvalue weighted by molar-refractivity contribution is 14.0. The molecule has 4 N–H and O–H groups in total. The highest BCUT2D eigenvalue weighted by Crippen LogP contribution is 2.30. The first-order chi connectivity index (χ1) is 12.9. The maximum Gasteiger partial charge on any atom is 0.238 e. The molecule has 2 rings (SSSR count). The van der Waals surface area contributed by atoms with E-state index in [1.165, 1.54) is 12.1 Å². The van der Waals surface area contributed by atoms with Crippen LogP contribution < -0.4 is 25.2 Å². The molecule has 0 radical (unpaired) electrons. The molecule has 0 unspecified atom stereocenters. The third kappa shape index (κ3) is 6.84. The molecule has 0 heterocycles. The van der Waals surface area contributed by atoms with Gasteiger partial charge in [-0.1, -0.05) is 12.1 Å². The van der Waals surface area contributed by atoms with E-state index in [4.69, 9.17) is 14.6 Å². The number of halogens is 1. The molecule has 8 nitrogen and oxygen atoms in total. The molecule has 0 fully saturated rings. The molecule has 154 valence electrons. The Balaban J connectivity index is 0.00000392. The van der Waals surface area contributed by atoms with E-state index >= 15 is 0 Å². The Labute approximate surface area is 182 Å². The van der Waals surface area contributed by atoms with Crippen molar-refractivity contribution in [2.45, 2.75) is 18.4 Å². The molecule has 0 atom stereocenters. The number of nitrogens with two attached hydrogens (primary N) is 1. The molecule has 0 bridgehead atoms. The standard InChI is InChI=1S/C18H24N4O4S.HI/c1-4-26-16-9-8-14(11-17(16)25-3)22-18(20-2)21-12-13-6-5-7-15(10-13)27(19,23)24;/h5-11H,4,12H2,1-3H3,(H2,19,23,24)(H2,20,21,22);1H. The number of primary sulfonamides is 1. The van der Waals surface area contributed by atoms with Crippen LogP contribution in [0.25, 0.3) is 0 Å². The molecular formula is C18H25IN4O4S. The summed E-state index contributed by atoms with van der Waals surface area (Å²) in [7, 11) is -0.517. The van der Waals surface area contributed by atoms with Gasteiger partial charge < -0.3 is 20.1 Å². The number of benzene rings is 2. The van der Waals surface area contributed by atoms with Crippen molar-refractivity contribution in [3.05, 3.63) is 48.0 Å². The van der Waals surface area contributed by atoms with E-state index in [-0.39, 0.29) is 28.9 Å². The minimum absolute atomic E-state index is 0. The van der Waals surface area contributed by atoms with E-state index < -0.39 is 10.0 Å². The molecular weight excluding hydrogens is 495 g/mol. The Bertz CT molecular complexity index is 920. The van der Waals surface area contributed by atoms with Crippen LogP contribution >= 0.6 is 24.0 Å². The maximum absolute atomic E-state index is 11.5. The van der Waals surface area contributed by atoms with Crippen molar-refractivity contribution >= 4 is 45.6 Å². The third-order valence-corrected chi connectivity index (χ3v) is 4.55. The summed E-state index contributed by atoms with van der Waals surface area (Å²) in [6.45, 7) is 2.82. The van der Waals surface area contributed by atoms with Crippen LogP contribution in [0.4, 0.5) is 5.69 Å². The first kappa shape index (κ1) is 24.0. The summed E-state index contributed by atoms with van der Waals surface area (Å²) in [6.07, 6.45) is 0. The second-order valence-corrected chi connectivity index (χ2v) is 7.10. The first-order valence-electron chi connectivity index (χ1n) is 8.27. The second kappa shape index (κ2) is 11.1. The zero-order valence-corrected chi connectivity index (χ0v) is 19.1. The summed E-state index contributed by atoms with van der Waals surface area (Å²) in [4.78, 5) is 4.23. The zero-order chi connectivity index (χ0) is 19.9. The molecule has 0 aromatic heterocycles. The topological polar surface area (TPSA) is 115 Å². The van der Waals surface area contributed by atoms with Crippen LogP contribution in [0.3, 0.4) is 0 Å². The lowest BCUT2D eigenvalue weighted by atomic mass is 10.2. The quantitative estimate of drug-likeness (QED) is 0.294. The number of rotatable bonds is 7. The number of sulfonamides is 1. The van der Waals surface area contributed by atoms with Gasteiger partial charge in [0.25, 0.3) is 0 Å². The van der Waals surface area contributed by atoms with Crippen molar-refractivity contribution in [2.75, 3.05) is 26.1 Å². The number of guanidine groups is 1. The van der Waals surface area contributed by atoms with Crippen LogP contribution in [0, 0.1) is 0 Å². The van der Waals surface area contributed by atoms with Gasteiger partial charge in [-0.3, -0.25) is 4.99 Å². The van der Waals surface area contributed by atoms with Crippen molar-refractivity contribution < 1.29 is 17.9 Å². The van der Waals surface area contributed by atoms with Crippen LogP contribution in [0.15, 0.2) is 52.4 Å². The van der Waals surface area contributed by atoms with E-state index in [1.54, 1.807) is 32.4 Å². The Morgan fingerprint density at radius 2 is 1.93 bits per heavy atom. The second-order valence-electron chi connectivity index (χ2n) is 5.54. The van der Waals surface area contributed by atoms with Gasteiger partial charge in [0.05, 0.1) is 18.6 Å². The highest BCUT2D eigenvalue weighted by Gasteiger charge is 2.09. The number of ether oxygens (including phenoxy) is 2.